The number of benzene rings is 1. The lowest BCUT2D eigenvalue weighted by Crippen LogP contribution is -2.37. The summed E-state index contributed by atoms with van der Waals surface area (Å²) in [6.45, 7) is -0.394. The van der Waals surface area contributed by atoms with Gasteiger partial charge in [0.1, 0.15) is 18.0 Å². The number of nitrogens with one attached hydrogen (secondary N) is 1. The number of nitrogens with two attached hydrogens (primary N) is 1. The molecular formula is C16H17N5O5. The Balaban J connectivity index is 1.77. The highest BCUT2D eigenvalue weighted by atomic mass is 16.6. The van der Waals surface area contributed by atoms with E-state index >= 15 is 0 Å². The van der Waals surface area contributed by atoms with Crippen LogP contribution >= 0.6 is 0 Å². The molecule has 0 radical (unpaired) electrons. The van der Waals surface area contributed by atoms with Crippen LogP contribution in [0.1, 0.15) is 6.23 Å². The van der Waals surface area contributed by atoms with Gasteiger partial charge >= 0.3 is 0 Å². The lowest BCUT2D eigenvalue weighted by Gasteiger charge is -2.23. The van der Waals surface area contributed by atoms with Gasteiger partial charge in [-0.15, -0.1) is 0 Å². The van der Waals surface area contributed by atoms with Gasteiger partial charge in [-0.1, -0.05) is 18.2 Å². The summed E-state index contributed by atoms with van der Waals surface area (Å²) in [4.78, 5) is 22.5. The highest BCUT2D eigenvalue weighted by Crippen LogP contribution is 2.34. The van der Waals surface area contributed by atoms with Crippen molar-refractivity contribution in [2.75, 3.05) is 12.3 Å². The first-order valence-corrected chi connectivity index (χ1v) is 7.97. The molecule has 1 saturated heterocycles. The van der Waals surface area contributed by atoms with Crippen LogP contribution in [-0.4, -0.2) is 54.7 Å². The fourth-order valence-corrected chi connectivity index (χ4v) is 3.01. The zero-order chi connectivity index (χ0) is 18.3. The second-order valence-electron chi connectivity index (χ2n) is 5.91. The molecule has 1 aromatic carbocycles. The van der Waals surface area contributed by atoms with Gasteiger partial charge in [-0.05, 0) is 12.1 Å². The number of H-pyrrole nitrogens is 1. The molecule has 3 heterocycles. The summed E-state index contributed by atoms with van der Waals surface area (Å²) in [7, 11) is 0. The molecule has 0 spiro atoms. The van der Waals surface area contributed by atoms with E-state index in [9.17, 15) is 15.0 Å². The zero-order valence-electron chi connectivity index (χ0n) is 13.5. The van der Waals surface area contributed by atoms with Crippen molar-refractivity contribution in [3.63, 3.8) is 0 Å². The minimum atomic E-state index is -1.10. The summed E-state index contributed by atoms with van der Waals surface area (Å²) in [6, 6.07) is 8.91. The molecule has 26 heavy (non-hydrogen) atoms. The second-order valence-corrected chi connectivity index (χ2v) is 5.91. The molecular weight excluding hydrogens is 342 g/mol. The molecule has 4 rings (SSSR count). The number of rotatable bonds is 4. The Kier molecular flexibility index (Phi) is 4.07. The Morgan fingerprint density at radius 2 is 2.12 bits per heavy atom. The molecule has 1 aliphatic heterocycles. The maximum absolute atomic E-state index is 12.0. The number of aliphatic hydroxyl groups excluding tert-OH is 2. The van der Waals surface area contributed by atoms with E-state index in [0.717, 1.165) is 0 Å². The molecule has 136 valence electrons. The average Bonchev–Trinajstić information content (AvgIpc) is 3.18. The standard InChI is InChI=1S/C16H17N5O5/c17-16-19-13-10(14(24)20-16)18-7-21(13)15-12(11(23)9(6-22)26-15)25-8-4-2-1-3-5-8/h1-5,7,9,11-12,15,22-23H,6H2,(H3,17,19,20,24)/t9-,11-,12-,15-/m1/s1. The first kappa shape index (κ1) is 16.5. The summed E-state index contributed by atoms with van der Waals surface area (Å²) in [6.07, 6.45) is -2.30. The molecule has 1 fully saturated rings. The van der Waals surface area contributed by atoms with Crippen LogP contribution in [0.25, 0.3) is 11.2 Å². The number of para-hydroxylation sites is 1. The number of aliphatic hydroxyl groups is 2. The van der Waals surface area contributed by atoms with Crippen LogP contribution in [0.5, 0.6) is 5.75 Å². The van der Waals surface area contributed by atoms with Gasteiger partial charge in [-0.3, -0.25) is 14.3 Å². The number of aromatic amines is 1. The van der Waals surface area contributed by atoms with Crippen molar-refractivity contribution in [2.24, 2.45) is 0 Å². The molecule has 2 aromatic heterocycles. The monoisotopic (exact) mass is 359 g/mol. The summed E-state index contributed by atoms with van der Waals surface area (Å²) in [5.74, 6) is 0.459. The Morgan fingerprint density at radius 3 is 2.85 bits per heavy atom. The Labute approximate surface area is 146 Å². The van der Waals surface area contributed by atoms with E-state index in [0.29, 0.717) is 5.75 Å². The van der Waals surface area contributed by atoms with Gasteiger partial charge in [0.15, 0.2) is 23.5 Å². The second kappa shape index (κ2) is 6.41. The lowest BCUT2D eigenvalue weighted by molar-refractivity contribution is -0.0487. The minimum Gasteiger partial charge on any atom is -0.483 e. The van der Waals surface area contributed by atoms with E-state index in [1.54, 1.807) is 24.3 Å². The molecule has 5 N–H and O–H groups in total. The van der Waals surface area contributed by atoms with Gasteiger partial charge in [0.2, 0.25) is 5.95 Å². The first-order chi connectivity index (χ1) is 12.6. The van der Waals surface area contributed by atoms with E-state index in [1.807, 2.05) is 6.07 Å². The quantitative estimate of drug-likeness (QED) is 0.482. The molecule has 0 unspecified atom stereocenters. The summed E-state index contributed by atoms with van der Waals surface area (Å²) in [5, 5.41) is 20.0. The average molecular weight is 359 g/mol. The van der Waals surface area contributed by atoms with Gasteiger partial charge < -0.3 is 25.4 Å². The molecule has 1 aliphatic rings. The van der Waals surface area contributed by atoms with E-state index < -0.39 is 36.7 Å². The Hall–Kier alpha value is -2.95. The first-order valence-electron chi connectivity index (χ1n) is 7.97. The van der Waals surface area contributed by atoms with Crippen LogP contribution in [0.15, 0.2) is 41.5 Å². The molecule has 10 heteroatoms. The molecule has 3 aromatic rings. The fraction of sp³-hybridized carbons (Fsp3) is 0.312. The minimum absolute atomic E-state index is 0.0676. The number of ether oxygens (including phenoxy) is 2. The van der Waals surface area contributed by atoms with Crippen molar-refractivity contribution in [2.45, 2.75) is 24.5 Å². The topological polar surface area (TPSA) is 149 Å². The number of imidazole rings is 1. The van der Waals surface area contributed by atoms with Gasteiger partial charge in [0.05, 0.1) is 12.9 Å². The zero-order valence-corrected chi connectivity index (χ0v) is 13.5. The third kappa shape index (κ3) is 2.69. The molecule has 0 aliphatic carbocycles. The summed E-state index contributed by atoms with van der Waals surface area (Å²) < 4.78 is 13.1. The van der Waals surface area contributed by atoms with Crippen LogP contribution in [0.3, 0.4) is 0 Å². The number of anilines is 1. The maximum atomic E-state index is 12.0. The third-order valence-electron chi connectivity index (χ3n) is 4.23. The summed E-state index contributed by atoms with van der Waals surface area (Å²) >= 11 is 0. The lowest BCUT2D eigenvalue weighted by atomic mass is 10.1. The van der Waals surface area contributed by atoms with E-state index in [4.69, 9.17) is 15.2 Å². The molecule has 0 saturated carbocycles. The van der Waals surface area contributed by atoms with Gasteiger partial charge in [0, 0.05) is 0 Å². The summed E-state index contributed by atoms with van der Waals surface area (Å²) in [5.41, 5.74) is 5.42. The number of fused-ring (bicyclic) bond motifs is 1. The van der Waals surface area contributed by atoms with Crippen LogP contribution < -0.4 is 16.0 Å². The number of aromatic nitrogens is 4. The normalized spacial score (nSPS) is 25.6. The highest BCUT2D eigenvalue weighted by molar-refractivity contribution is 5.70. The predicted octanol–water partition coefficient (Wildman–Crippen LogP) is -0.600. The van der Waals surface area contributed by atoms with Gasteiger partial charge in [0.25, 0.3) is 5.56 Å². The van der Waals surface area contributed by atoms with Crippen LogP contribution in [-0.2, 0) is 4.74 Å². The fourth-order valence-electron chi connectivity index (χ4n) is 3.01. The third-order valence-corrected chi connectivity index (χ3v) is 4.23. The van der Waals surface area contributed by atoms with Gasteiger partial charge in [-0.25, -0.2) is 4.98 Å². The SMILES string of the molecule is Nc1nc2c(ncn2[C@@H]2O[C@H](CO)[C@@H](O)[C@H]2Oc2ccccc2)c(=O)[nH]1. The molecule has 0 bridgehead atoms. The molecule has 10 nitrogen and oxygen atoms in total. The van der Waals surface area contributed by atoms with Crippen molar-refractivity contribution in [1.29, 1.82) is 0 Å². The van der Waals surface area contributed by atoms with E-state index in [-0.39, 0.29) is 17.1 Å². The smallest absolute Gasteiger partial charge is 0.280 e. The highest BCUT2D eigenvalue weighted by Gasteiger charge is 2.46. The maximum Gasteiger partial charge on any atom is 0.280 e. The van der Waals surface area contributed by atoms with Crippen LogP contribution in [0.4, 0.5) is 5.95 Å². The number of nitrogens with zero attached hydrogens (tertiary/aromatic N) is 3. The number of hydrogen-bond acceptors (Lipinski definition) is 8. The van der Waals surface area contributed by atoms with Crippen LogP contribution in [0, 0.1) is 0 Å². The molecule has 4 atom stereocenters. The van der Waals surface area contributed by atoms with Crippen molar-refractivity contribution in [3.05, 3.63) is 47.0 Å². The van der Waals surface area contributed by atoms with E-state index in [1.165, 1.54) is 10.9 Å². The van der Waals surface area contributed by atoms with Crippen LogP contribution in [0.2, 0.25) is 0 Å². The predicted molar refractivity (Wildman–Crippen MR) is 90.4 cm³/mol. The van der Waals surface area contributed by atoms with Crippen molar-refractivity contribution in [1.82, 2.24) is 19.5 Å². The Morgan fingerprint density at radius 1 is 1.35 bits per heavy atom. The van der Waals surface area contributed by atoms with Crippen molar-refractivity contribution < 1.29 is 19.7 Å². The van der Waals surface area contributed by atoms with Crippen molar-refractivity contribution >= 4 is 17.1 Å². The Bertz CT molecular complexity index is 972. The van der Waals surface area contributed by atoms with E-state index in [2.05, 4.69) is 15.0 Å². The van der Waals surface area contributed by atoms with Crippen molar-refractivity contribution in [3.8, 4) is 5.75 Å². The largest absolute Gasteiger partial charge is 0.483 e. The number of hydrogen-bond donors (Lipinski definition) is 4. The number of nitrogen functional groups attached to an aromatic ring is 1. The molecule has 0 amide bonds. The van der Waals surface area contributed by atoms with Gasteiger partial charge in [-0.2, -0.15) is 4.98 Å².